The van der Waals surface area contributed by atoms with Gasteiger partial charge in [-0.2, -0.15) is 9.57 Å². The molecule has 1 N–H and O–H groups in total. The smallest absolute Gasteiger partial charge is 0.243 e. The lowest BCUT2D eigenvalue weighted by Gasteiger charge is -2.36. The summed E-state index contributed by atoms with van der Waals surface area (Å²) in [5.41, 5.74) is 0.328. The Morgan fingerprint density at radius 2 is 2.20 bits per heavy atom. The molecule has 1 aromatic carbocycles. The second-order valence-corrected chi connectivity index (χ2v) is 7.08. The highest BCUT2D eigenvalue weighted by Crippen LogP contribution is 2.28. The molecule has 2 rings (SSSR count). The van der Waals surface area contributed by atoms with E-state index in [-0.39, 0.29) is 23.5 Å². The molecule has 5 nitrogen and oxygen atoms in total. The van der Waals surface area contributed by atoms with Crippen molar-refractivity contribution in [3.05, 3.63) is 29.8 Å². The van der Waals surface area contributed by atoms with Crippen LogP contribution in [0.25, 0.3) is 0 Å². The van der Waals surface area contributed by atoms with Crippen molar-refractivity contribution in [2.45, 2.75) is 30.7 Å². The average Bonchev–Trinajstić information content (AvgIpc) is 2.47. The van der Waals surface area contributed by atoms with E-state index in [1.165, 1.54) is 16.4 Å². The molecule has 0 aliphatic carbocycles. The van der Waals surface area contributed by atoms with E-state index in [1.54, 1.807) is 12.1 Å². The van der Waals surface area contributed by atoms with Crippen LogP contribution in [0.15, 0.2) is 29.2 Å². The summed E-state index contributed by atoms with van der Waals surface area (Å²) in [6.45, 7) is 2.20. The number of piperidine rings is 1. The lowest BCUT2D eigenvalue weighted by Crippen LogP contribution is -2.46. The molecule has 0 saturated carbocycles. The molecule has 108 valence electrons. The van der Waals surface area contributed by atoms with Crippen molar-refractivity contribution >= 4 is 10.0 Å². The summed E-state index contributed by atoms with van der Waals surface area (Å²) in [5, 5.41) is 18.1. The fraction of sp³-hybridized carbons (Fsp3) is 0.500. The topological polar surface area (TPSA) is 81.4 Å². The number of nitrogens with zero attached hydrogens (tertiary/aromatic N) is 2. The molecule has 1 heterocycles. The minimum absolute atomic E-state index is 0.00300. The summed E-state index contributed by atoms with van der Waals surface area (Å²) in [5.74, 6) is -0.0138. The Labute approximate surface area is 119 Å². The van der Waals surface area contributed by atoms with E-state index in [2.05, 4.69) is 0 Å². The van der Waals surface area contributed by atoms with Crippen LogP contribution in [-0.4, -0.2) is 37.0 Å². The first kappa shape index (κ1) is 15.0. The van der Waals surface area contributed by atoms with Gasteiger partial charge in [0.1, 0.15) is 0 Å². The van der Waals surface area contributed by atoms with Crippen LogP contribution in [0.1, 0.15) is 25.3 Å². The lowest BCUT2D eigenvalue weighted by molar-refractivity contribution is 0.139. The van der Waals surface area contributed by atoms with E-state index in [4.69, 9.17) is 5.26 Å². The van der Waals surface area contributed by atoms with Gasteiger partial charge in [-0.05, 0) is 43.9 Å². The number of hydrogen-bond acceptors (Lipinski definition) is 4. The van der Waals surface area contributed by atoms with Gasteiger partial charge in [0.2, 0.25) is 10.0 Å². The molecule has 1 aliphatic heterocycles. The predicted molar refractivity (Wildman–Crippen MR) is 74.3 cm³/mol. The zero-order valence-corrected chi connectivity index (χ0v) is 12.2. The van der Waals surface area contributed by atoms with E-state index < -0.39 is 10.0 Å². The van der Waals surface area contributed by atoms with Crippen molar-refractivity contribution in [2.24, 2.45) is 5.92 Å². The zero-order chi connectivity index (χ0) is 14.8. The van der Waals surface area contributed by atoms with E-state index in [0.717, 1.165) is 12.8 Å². The van der Waals surface area contributed by atoms with E-state index in [1.807, 2.05) is 13.0 Å². The van der Waals surface area contributed by atoms with Crippen molar-refractivity contribution in [1.29, 1.82) is 5.26 Å². The number of nitriles is 1. The molecule has 0 bridgehead atoms. The third kappa shape index (κ3) is 2.85. The largest absolute Gasteiger partial charge is 0.396 e. The standard InChI is InChI=1S/C14H18N2O3S/c1-11-5-6-13(10-17)9-16(11)20(18,19)14-4-2-3-12(7-14)8-15/h2-4,7,11,13,17H,5-6,9-10H2,1H3. The Balaban J connectivity index is 2.35. The molecule has 1 fully saturated rings. The summed E-state index contributed by atoms with van der Waals surface area (Å²) in [6.07, 6.45) is 1.57. The van der Waals surface area contributed by atoms with Gasteiger partial charge in [-0.15, -0.1) is 0 Å². The molecule has 6 heteroatoms. The minimum Gasteiger partial charge on any atom is -0.396 e. The van der Waals surface area contributed by atoms with Gasteiger partial charge in [-0.3, -0.25) is 0 Å². The van der Waals surface area contributed by atoms with Crippen molar-refractivity contribution < 1.29 is 13.5 Å². The molecule has 0 aromatic heterocycles. The van der Waals surface area contributed by atoms with Crippen LogP contribution in [0.2, 0.25) is 0 Å². The van der Waals surface area contributed by atoms with Gasteiger partial charge in [-0.25, -0.2) is 8.42 Å². The Hall–Kier alpha value is -1.42. The summed E-state index contributed by atoms with van der Waals surface area (Å²) in [7, 11) is -3.62. The first-order valence-corrected chi connectivity index (χ1v) is 8.06. The molecule has 0 amide bonds. The SMILES string of the molecule is CC1CCC(CO)CN1S(=O)(=O)c1cccc(C#N)c1. The van der Waals surface area contributed by atoms with Crippen molar-refractivity contribution in [1.82, 2.24) is 4.31 Å². The Morgan fingerprint density at radius 1 is 1.45 bits per heavy atom. The fourth-order valence-corrected chi connectivity index (χ4v) is 4.28. The van der Waals surface area contributed by atoms with Gasteiger partial charge in [0.05, 0.1) is 16.5 Å². The van der Waals surface area contributed by atoms with Crippen LogP contribution in [0.5, 0.6) is 0 Å². The normalized spacial score (nSPS) is 24.2. The van der Waals surface area contributed by atoms with Crippen molar-refractivity contribution in [2.75, 3.05) is 13.2 Å². The van der Waals surface area contributed by atoms with Crippen LogP contribution in [0.3, 0.4) is 0 Å². The van der Waals surface area contributed by atoms with E-state index >= 15 is 0 Å². The zero-order valence-electron chi connectivity index (χ0n) is 11.4. The second-order valence-electron chi connectivity index (χ2n) is 5.19. The first-order chi connectivity index (χ1) is 9.48. The summed E-state index contributed by atoms with van der Waals surface area (Å²) in [6, 6.07) is 7.91. The van der Waals surface area contributed by atoms with Crippen LogP contribution in [0, 0.1) is 17.2 Å². The van der Waals surface area contributed by atoms with Gasteiger partial charge < -0.3 is 5.11 Å². The third-order valence-electron chi connectivity index (χ3n) is 3.75. The molecule has 2 unspecified atom stereocenters. The molecular weight excluding hydrogens is 276 g/mol. The number of rotatable bonds is 3. The lowest BCUT2D eigenvalue weighted by atomic mass is 9.96. The quantitative estimate of drug-likeness (QED) is 0.912. The molecule has 0 radical (unpaired) electrons. The van der Waals surface area contributed by atoms with Gasteiger partial charge in [0.15, 0.2) is 0 Å². The molecular formula is C14H18N2O3S. The van der Waals surface area contributed by atoms with E-state index in [0.29, 0.717) is 12.1 Å². The average molecular weight is 294 g/mol. The number of aliphatic hydroxyl groups is 1. The Morgan fingerprint density at radius 3 is 2.85 bits per heavy atom. The van der Waals surface area contributed by atoms with Crippen LogP contribution >= 0.6 is 0 Å². The summed E-state index contributed by atoms with van der Waals surface area (Å²) < 4.78 is 26.8. The molecule has 1 aliphatic rings. The van der Waals surface area contributed by atoms with Crippen molar-refractivity contribution in [3.8, 4) is 6.07 Å². The molecule has 0 spiro atoms. The number of benzene rings is 1. The molecule has 1 saturated heterocycles. The minimum atomic E-state index is -3.62. The maximum atomic E-state index is 12.7. The highest BCUT2D eigenvalue weighted by Gasteiger charge is 2.34. The maximum Gasteiger partial charge on any atom is 0.243 e. The van der Waals surface area contributed by atoms with Crippen LogP contribution in [-0.2, 0) is 10.0 Å². The Bertz CT molecular complexity index is 622. The fourth-order valence-electron chi connectivity index (χ4n) is 2.49. The van der Waals surface area contributed by atoms with Gasteiger partial charge in [-0.1, -0.05) is 6.07 Å². The maximum absolute atomic E-state index is 12.7. The van der Waals surface area contributed by atoms with Gasteiger partial charge >= 0.3 is 0 Å². The summed E-state index contributed by atoms with van der Waals surface area (Å²) >= 11 is 0. The highest BCUT2D eigenvalue weighted by atomic mass is 32.2. The second kappa shape index (κ2) is 5.92. The molecule has 20 heavy (non-hydrogen) atoms. The van der Waals surface area contributed by atoms with Gasteiger partial charge in [0, 0.05) is 19.2 Å². The van der Waals surface area contributed by atoms with Crippen LogP contribution < -0.4 is 0 Å². The summed E-state index contributed by atoms with van der Waals surface area (Å²) in [4.78, 5) is 0.141. The highest BCUT2D eigenvalue weighted by molar-refractivity contribution is 7.89. The van der Waals surface area contributed by atoms with E-state index in [9.17, 15) is 13.5 Å². The number of aliphatic hydroxyl groups excluding tert-OH is 1. The predicted octanol–water partition coefficient (Wildman–Crippen LogP) is 1.34. The van der Waals surface area contributed by atoms with Crippen molar-refractivity contribution in [3.63, 3.8) is 0 Å². The Kier molecular flexibility index (Phi) is 4.43. The van der Waals surface area contributed by atoms with Gasteiger partial charge in [0.25, 0.3) is 0 Å². The molecule has 2 atom stereocenters. The molecule has 1 aromatic rings. The third-order valence-corrected chi connectivity index (χ3v) is 5.73. The monoisotopic (exact) mass is 294 g/mol. The number of sulfonamides is 1. The van der Waals surface area contributed by atoms with Crippen LogP contribution in [0.4, 0.5) is 0 Å². The number of hydrogen-bond donors (Lipinski definition) is 1. The first-order valence-electron chi connectivity index (χ1n) is 6.62.